The fourth-order valence-electron chi connectivity index (χ4n) is 14.8. The Labute approximate surface area is 466 Å². The molecule has 8 aromatic carbocycles. The molecule has 0 spiro atoms. The molecule has 0 N–H and O–H groups in total. The molecule has 1 heterocycles. The number of aryl methyl sites for hydroxylation is 12. The Kier molecular flexibility index (Phi) is 14.7. The van der Waals surface area contributed by atoms with E-state index < -0.39 is 8.07 Å². The predicted octanol–water partition coefficient (Wildman–Crippen LogP) is 20.2. The van der Waals surface area contributed by atoms with Crippen LogP contribution >= 0.6 is 0 Å². The first-order valence-electron chi connectivity index (χ1n) is 28.5. The molecular formula is C74H86N2Si. The Bertz CT molecular complexity index is 3270. The van der Waals surface area contributed by atoms with E-state index in [1.54, 1.807) is 10.4 Å². The van der Waals surface area contributed by atoms with Crippen LogP contribution in [0.15, 0.2) is 84.9 Å². The van der Waals surface area contributed by atoms with Gasteiger partial charge in [0.15, 0.2) is 0 Å². The molecule has 0 atom stereocenters. The van der Waals surface area contributed by atoms with Crippen LogP contribution in [0.5, 0.6) is 0 Å². The van der Waals surface area contributed by atoms with Crippen molar-refractivity contribution in [1.82, 2.24) is 0 Å². The van der Waals surface area contributed by atoms with Gasteiger partial charge in [0.2, 0.25) is 0 Å². The first-order chi connectivity index (χ1) is 36.4. The summed E-state index contributed by atoms with van der Waals surface area (Å²) in [5.74, 6) is 0. The zero-order chi connectivity index (χ0) is 56.0. The third-order valence-electron chi connectivity index (χ3n) is 18.4. The van der Waals surface area contributed by atoms with Crippen molar-refractivity contribution in [2.24, 2.45) is 0 Å². The van der Waals surface area contributed by atoms with Gasteiger partial charge in [-0.15, -0.1) is 0 Å². The summed E-state index contributed by atoms with van der Waals surface area (Å²) >= 11 is 0. The van der Waals surface area contributed by atoms with E-state index in [1.165, 1.54) is 179 Å². The lowest BCUT2D eigenvalue weighted by Gasteiger charge is -2.36. The molecule has 0 bridgehead atoms. The third-order valence-corrected chi connectivity index (χ3v) is 23.8. The number of anilines is 6. The Balaban J connectivity index is 1.21. The number of fused-ring (bicyclic) bond motifs is 2. The fraction of sp³-hybridized carbons (Fsp3) is 0.324. The number of hydrogen-bond donors (Lipinski definition) is 0. The topological polar surface area (TPSA) is 6.48 Å². The molecule has 0 fully saturated rings. The van der Waals surface area contributed by atoms with Gasteiger partial charge in [0.25, 0.3) is 0 Å². The second-order valence-corrected chi connectivity index (χ2v) is 28.5. The number of nitrogens with zero attached hydrogens (tertiary/aromatic N) is 2. The average Bonchev–Trinajstić information content (AvgIpc) is 3.48. The molecule has 1 aliphatic rings. The van der Waals surface area contributed by atoms with Crippen LogP contribution in [0.4, 0.5) is 34.1 Å². The van der Waals surface area contributed by atoms with E-state index in [2.05, 4.69) is 259 Å². The molecular weight excluding hydrogens is 945 g/mol. The van der Waals surface area contributed by atoms with Crippen LogP contribution in [0.2, 0.25) is 12.1 Å². The molecule has 9 rings (SSSR count). The van der Waals surface area contributed by atoms with Crippen molar-refractivity contribution in [3.8, 4) is 22.3 Å². The van der Waals surface area contributed by atoms with Crippen LogP contribution in [-0.4, -0.2) is 8.07 Å². The lowest BCUT2D eigenvalue weighted by molar-refractivity contribution is 1.12. The van der Waals surface area contributed by atoms with E-state index in [9.17, 15) is 0 Å². The van der Waals surface area contributed by atoms with Crippen molar-refractivity contribution in [2.45, 2.75) is 164 Å². The SMILES string of the molecule is CC[Si]1(CC)c2cc(-c3c(C)c(C)c(N(c4c(C)cc(C)cc4C)c4c(C)cc(C)cc4C)c(C)c3C)ccc2C=Cc2ccc(-c3c(C)c(C)c(N(c4c(C)cc(C)cc4C)c4c(C)cc(C)cc4C)c(C)c3C)cc21. The molecule has 1 aliphatic heterocycles. The first-order valence-corrected chi connectivity index (χ1v) is 30.9. The van der Waals surface area contributed by atoms with Gasteiger partial charge in [-0.1, -0.05) is 145 Å². The van der Waals surface area contributed by atoms with Gasteiger partial charge < -0.3 is 9.80 Å². The molecule has 396 valence electrons. The van der Waals surface area contributed by atoms with Gasteiger partial charge >= 0.3 is 0 Å². The fourth-order valence-corrected chi connectivity index (χ4v) is 19.4. The number of benzene rings is 8. The molecule has 0 aliphatic carbocycles. The van der Waals surface area contributed by atoms with Crippen molar-refractivity contribution < 1.29 is 0 Å². The van der Waals surface area contributed by atoms with Crippen molar-refractivity contribution in [3.05, 3.63) is 207 Å². The zero-order valence-corrected chi connectivity index (χ0v) is 52.0. The largest absolute Gasteiger partial charge is 0.309 e. The molecule has 2 nitrogen and oxygen atoms in total. The lowest BCUT2D eigenvalue weighted by atomic mass is 9.86. The molecule has 77 heavy (non-hydrogen) atoms. The molecule has 0 saturated carbocycles. The maximum absolute atomic E-state index is 2.65. The average molecular weight is 1030 g/mol. The summed E-state index contributed by atoms with van der Waals surface area (Å²) in [6.45, 7) is 51.2. The summed E-state index contributed by atoms with van der Waals surface area (Å²) in [5.41, 5.74) is 42.2. The van der Waals surface area contributed by atoms with E-state index >= 15 is 0 Å². The van der Waals surface area contributed by atoms with Gasteiger partial charge in [0.1, 0.15) is 8.07 Å². The van der Waals surface area contributed by atoms with Gasteiger partial charge in [-0.3, -0.25) is 0 Å². The zero-order valence-electron chi connectivity index (χ0n) is 51.0. The Morgan fingerprint density at radius 1 is 0.286 bits per heavy atom. The van der Waals surface area contributed by atoms with Crippen molar-refractivity contribution in [2.75, 3.05) is 9.80 Å². The molecule has 0 aromatic heterocycles. The predicted molar refractivity (Wildman–Crippen MR) is 343 cm³/mol. The number of rotatable bonds is 10. The van der Waals surface area contributed by atoms with Crippen LogP contribution in [-0.2, 0) is 0 Å². The van der Waals surface area contributed by atoms with Crippen LogP contribution in [0.1, 0.15) is 136 Å². The van der Waals surface area contributed by atoms with Crippen LogP contribution < -0.4 is 20.2 Å². The normalized spacial score (nSPS) is 12.7. The highest BCUT2D eigenvalue weighted by atomic mass is 28.3. The van der Waals surface area contributed by atoms with E-state index in [1.807, 2.05) is 0 Å². The van der Waals surface area contributed by atoms with Gasteiger partial charge in [0.05, 0.1) is 34.1 Å². The lowest BCUT2D eigenvalue weighted by Crippen LogP contribution is -2.58. The van der Waals surface area contributed by atoms with Gasteiger partial charge in [-0.2, -0.15) is 0 Å². The second kappa shape index (κ2) is 20.6. The summed E-state index contributed by atoms with van der Waals surface area (Å²) in [4.78, 5) is 5.25. The summed E-state index contributed by atoms with van der Waals surface area (Å²) in [6, 6.07) is 36.1. The van der Waals surface area contributed by atoms with E-state index in [4.69, 9.17) is 0 Å². The Morgan fingerprint density at radius 2 is 0.519 bits per heavy atom. The summed E-state index contributed by atoms with van der Waals surface area (Å²) < 4.78 is 0. The Morgan fingerprint density at radius 3 is 0.740 bits per heavy atom. The van der Waals surface area contributed by atoms with Crippen LogP contribution in [0.3, 0.4) is 0 Å². The minimum absolute atomic E-state index is 1.13. The van der Waals surface area contributed by atoms with Crippen LogP contribution in [0, 0.1) is 138 Å². The summed E-state index contributed by atoms with van der Waals surface area (Å²) in [7, 11) is -2.36. The third kappa shape index (κ3) is 9.05. The first kappa shape index (κ1) is 55.1. The van der Waals surface area contributed by atoms with Gasteiger partial charge in [-0.05, 0) is 271 Å². The standard InChI is InChI=1S/C74H86N2Si/c1-23-77(24-2)65-39-63(67-53(15)57(19)73(58(20)54(67)16)75(69-45(7)31-41(3)32-46(69)8)70-47(9)33-42(4)34-48(70)10)29-27-61(65)25-26-62-28-30-64(40-66(62)77)68-55(17)59(21)74(60(22)56(68)18)76(71-49(11)35-43(5)36-50(71)12)72-51(13)37-44(6)38-52(72)14/h25-40H,23-24H2,1-22H3. The highest BCUT2D eigenvalue weighted by Crippen LogP contribution is 2.51. The molecule has 0 radical (unpaired) electrons. The number of hydrogen-bond acceptors (Lipinski definition) is 2. The summed E-state index contributed by atoms with van der Waals surface area (Å²) in [6.07, 6.45) is 4.84. The monoisotopic (exact) mass is 1030 g/mol. The highest BCUT2D eigenvalue weighted by Gasteiger charge is 2.39. The van der Waals surface area contributed by atoms with E-state index in [0.29, 0.717) is 0 Å². The molecule has 0 unspecified atom stereocenters. The van der Waals surface area contributed by atoms with Crippen LogP contribution in [0.25, 0.3) is 34.4 Å². The molecule has 0 saturated heterocycles. The Hall–Kier alpha value is -6.68. The molecule has 0 amide bonds. The maximum atomic E-state index is 2.65. The minimum Gasteiger partial charge on any atom is -0.309 e. The van der Waals surface area contributed by atoms with Gasteiger partial charge in [0, 0.05) is 0 Å². The molecule has 3 heteroatoms. The van der Waals surface area contributed by atoms with E-state index in [0.717, 1.165) is 12.1 Å². The summed E-state index contributed by atoms with van der Waals surface area (Å²) in [5, 5.41) is 3.12. The smallest absolute Gasteiger partial charge is 0.119 e. The van der Waals surface area contributed by atoms with Crippen molar-refractivity contribution in [1.29, 1.82) is 0 Å². The quantitative estimate of drug-likeness (QED) is 0.126. The van der Waals surface area contributed by atoms with Crippen molar-refractivity contribution in [3.63, 3.8) is 0 Å². The maximum Gasteiger partial charge on any atom is 0.119 e. The molecule has 8 aromatic rings. The van der Waals surface area contributed by atoms with Gasteiger partial charge in [-0.25, -0.2) is 0 Å². The minimum atomic E-state index is -2.36. The van der Waals surface area contributed by atoms with E-state index in [-0.39, 0.29) is 0 Å². The van der Waals surface area contributed by atoms with Crippen molar-refractivity contribution >= 4 is 64.7 Å². The second-order valence-electron chi connectivity index (χ2n) is 23.8. The highest BCUT2D eigenvalue weighted by molar-refractivity contribution is 7.03.